The number of anilines is 1. The van der Waals surface area contributed by atoms with Gasteiger partial charge in [0.05, 0.1) is 0 Å². The maximum atomic E-state index is 5.35. The van der Waals surface area contributed by atoms with Crippen molar-refractivity contribution in [3.8, 4) is 0 Å². The first-order valence-corrected chi connectivity index (χ1v) is 5.95. The topological polar surface area (TPSA) is 54.2 Å². The van der Waals surface area contributed by atoms with E-state index < -0.39 is 0 Å². The summed E-state index contributed by atoms with van der Waals surface area (Å²) >= 11 is 0. The van der Waals surface area contributed by atoms with Crippen LogP contribution in [0.3, 0.4) is 0 Å². The lowest BCUT2D eigenvalue weighted by atomic mass is 10.2. The monoisotopic (exact) mass is 220 g/mol. The van der Waals surface area contributed by atoms with Crippen LogP contribution in [0.15, 0.2) is 18.3 Å². The molecular weight excluding hydrogens is 200 g/mol. The quantitative estimate of drug-likeness (QED) is 0.565. The Bertz CT molecular complexity index is 336. The minimum Gasteiger partial charge on any atom is -0.308 e. The Kier molecular flexibility index (Phi) is 3.74. The molecule has 1 aromatic rings. The van der Waals surface area contributed by atoms with Crippen LogP contribution in [-0.4, -0.2) is 23.0 Å². The third kappa shape index (κ3) is 3.18. The lowest BCUT2D eigenvalue weighted by Crippen LogP contribution is -2.25. The molecule has 0 radical (unpaired) electrons. The second-order valence-electron chi connectivity index (χ2n) is 4.46. The molecule has 0 spiro atoms. The Balaban J connectivity index is 1.94. The minimum absolute atomic E-state index is 0.736. The highest BCUT2D eigenvalue weighted by Gasteiger charge is 2.23. The molecular formula is C12H20N4. The van der Waals surface area contributed by atoms with E-state index in [1.54, 1.807) is 6.20 Å². The molecule has 88 valence electrons. The molecule has 16 heavy (non-hydrogen) atoms. The van der Waals surface area contributed by atoms with Gasteiger partial charge >= 0.3 is 0 Å². The van der Waals surface area contributed by atoms with Crippen LogP contribution >= 0.6 is 0 Å². The van der Waals surface area contributed by atoms with Crippen LogP contribution < -0.4 is 11.3 Å². The lowest BCUT2D eigenvalue weighted by molar-refractivity contribution is 0.268. The maximum Gasteiger partial charge on any atom is 0.140 e. The van der Waals surface area contributed by atoms with Crippen molar-refractivity contribution in [3.05, 3.63) is 23.9 Å². The van der Waals surface area contributed by atoms with Gasteiger partial charge in [0, 0.05) is 19.3 Å². The van der Waals surface area contributed by atoms with Gasteiger partial charge in [0.15, 0.2) is 0 Å². The van der Waals surface area contributed by atoms with Gasteiger partial charge in [-0.1, -0.05) is 6.92 Å². The van der Waals surface area contributed by atoms with Gasteiger partial charge in [-0.05, 0) is 43.0 Å². The first-order chi connectivity index (χ1) is 7.81. The van der Waals surface area contributed by atoms with Gasteiger partial charge < -0.3 is 5.43 Å². The fourth-order valence-corrected chi connectivity index (χ4v) is 1.88. The number of hydrogen-bond acceptors (Lipinski definition) is 4. The fourth-order valence-electron chi connectivity index (χ4n) is 1.88. The first-order valence-electron chi connectivity index (χ1n) is 5.95. The zero-order valence-electron chi connectivity index (χ0n) is 9.82. The van der Waals surface area contributed by atoms with E-state index in [4.69, 9.17) is 5.84 Å². The van der Waals surface area contributed by atoms with Crippen LogP contribution in [0.5, 0.6) is 0 Å². The molecule has 1 aliphatic rings. The van der Waals surface area contributed by atoms with Crippen LogP contribution in [0.2, 0.25) is 0 Å². The third-order valence-electron chi connectivity index (χ3n) is 3.04. The summed E-state index contributed by atoms with van der Waals surface area (Å²) in [4.78, 5) is 6.59. The van der Waals surface area contributed by atoms with Crippen LogP contribution in [0.1, 0.15) is 25.3 Å². The molecule has 0 aliphatic heterocycles. The van der Waals surface area contributed by atoms with Gasteiger partial charge in [0.1, 0.15) is 5.82 Å². The normalized spacial score (nSPS) is 15.4. The van der Waals surface area contributed by atoms with Gasteiger partial charge in [-0.2, -0.15) is 0 Å². The number of nitrogens with zero attached hydrogens (tertiary/aromatic N) is 2. The summed E-state index contributed by atoms with van der Waals surface area (Å²) in [6.07, 6.45) is 4.61. The van der Waals surface area contributed by atoms with Crippen molar-refractivity contribution in [2.75, 3.05) is 18.5 Å². The average molecular weight is 220 g/mol. The number of nitrogen functional groups attached to an aromatic ring is 1. The number of hydrogen-bond donors (Lipinski definition) is 2. The molecule has 0 saturated heterocycles. The van der Waals surface area contributed by atoms with Crippen LogP contribution in [-0.2, 0) is 6.54 Å². The number of aromatic nitrogens is 1. The Morgan fingerprint density at radius 3 is 3.00 bits per heavy atom. The van der Waals surface area contributed by atoms with Crippen LogP contribution in [0.25, 0.3) is 0 Å². The zero-order chi connectivity index (χ0) is 11.4. The van der Waals surface area contributed by atoms with E-state index in [9.17, 15) is 0 Å². The first kappa shape index (κ1) is 11.4. The number of rotatable bonds is 6. The van der Waals surface area contributed by atoms with Crippen molar-refractivity contribution in [3.63, 3.8) is 0 Å². The van der Waals surface area contributed by atoms with Gasteiger partial charge in [0.25, 0.3) is 0 Å². The van der Waals surface area contributed by atoms with Gasteiger partial charge in [0.2, 0.25) is 0 Å². The molecule has 1 fully saturated rings. The van der Waals surface area contributed by atoms with Gasteiger partial charge in [-0.15, -0.1) is 0 Å². The molecule has 1 aliphatic carbocycles. The summed E-state index contributed by atoms with van der Waals surface area (Å²) in [5.41, 5.74) is 3.85. The molecule has 0 amide bonds. The van der Waals surface area contributed by atoms with Crippen LogP contribution in [0, 0.1) is 5.92 Å². The summed E-state index contributed by atoms with van der Waals surface area (Å²) in [5, 5.41) is 0. The standard InChI is InChI=1S/C12H20N4/c1-2-16(8-10-3-4-10)9-11-5-6-14-12(7-11)15-13/h5-7,10H,2-4,8-9,13H2,1H3,(H,14,15). The molecule has 0 unspecified atom stereocenters. The fraction of sp³-hybridized carbons (Fsp3) is 0.583. The SMILES string of the molecule is CCN(Cc1ccnc(NN)c1)CC1CC1. The molecule has 2 rings (SSSR count). The number of nitrogens with one attached hydrogen (secondary N) is 1. The molecule has 1 heterocycles. The maximum absolute atomic E-state index is 5.35. The summed E-state index contributed by atoms with van der Waals surface area (Å²) in [7, 11) is 0. The Morgan fingerprint density at radius 1 is 1.56 bits per heavy atom. The zero-order valence-corrected chi connectivity index (χ0v) is 9.82. The molecule has 0 atom stereocenters. The van der Waals surface area contributed by atoms with E-state index in [-0.39, 0.29) is 0 Å². The van der Waals surface area contributed by atoms with E-state index in [0.717, 1.165) is 24.8 Å². The summed E-state index contributed by atoms with van der Waals surface area (Å²) in [6, 6.07) is 4.06. The predicted octanol–water partition coefficient (Wildman–Crippen LogP) is 1.60. The van der Waals surface area contributed by atoms with E-state index in [0.29, 0.717) is 0 Å². The van der Waals surface area contributed by atoms with E-state index in [1.807, 2.05) is 6.07 Å². The third-order valence-corrected chi connectivity index (χ3v) is 3.04. The van der Waals surface area contributed by atoms with Crippen molar-refractivity contribution in [2.45, 2.75) is 26.3 Å². The second-order valence-corrected chi connectivity index (χ2v) is 4.46. The number of pyridine rings is 1. The highest BCUT2D eigenvalue weighted by Crippen LogP contribution is 2.30. The number of hydrazine groups is 1. The molecule has 3 N–H and O–H groups in total. The highest BCUT2D eigenvalue weighted by molar-refractivity contribution is 5.35. The highest BCUT2D eigenvalue weighted by atomic mass is 15.2. The molecule has 1 saturated carbocycles. The smallest absolute Gasteiger partial charge is 0.140 e. The van der Waals surface area contributed by atoms with Gasteiger partial charge in [-0.3, -0.25) is 4.90 Å². The molecule has 1 aromatic heterocycles. The molecule has 4 nitrogen and oxygen atoms in total. The van der Waals surface area contributed by atoms with Crippen molar-refractivity contribution < 1.29 is 0 Å². The largest absolute Gasteiger partial charge is 0.308 e. The van der Waals surface area contributed by atoms with Gasteiger partial charge in [-0.25, -0.2) is 10.8 Å². The van der Waals surface area contributed by atoms with Crippen molar-refractivity contribution in [1.82, 2.24) is 9.88 Å². The van der Waals surface area contributed by atoms with E-state index >= 15 is 0 Å². The Morgan fingerprint density at radius 2 is 2.38 bits per heavy atom. The Hall–Kier alpha value is -1.13. The molecule has 4 heteroatoms. The van der Waals surface area contributed by atoms with E-state index in [2.05, 4.69) is 28.3 Å². The average Bonchev–Trinajstić information content (AvgIpc) is 3.12. The Labute approximate surface area is 96.8 Å². The number of nitrogens with two attached hydrogens (primary N) is 1. The predicted molar refractivity (Wildman–Crippen MR) is 65.7 cm³/mol. The second kappa shape index (κ2) is 5.27. The molecule has 0 bridgehead atoms. The summed E-state index contributed by atoms with van der Waals surface area (Å²) in [6.45, 7) is 5.53. The van der Waals surface area contributed by atoms with Crippen molar-refractivity contribution >= 4 is 5.82 Å². The van der Waals surface area contributed by atoms with Crippen LogP contribution in [0.4, 0.5) is 5.82 Å². The lowest BCUT2D eigenvalue weighted by Gasteiger charge is -2.20. The summed E-state index contributed by atoms with van der Waals surface area (Å²) in [5.74, 6) is 7.02. The van der Waals surface area contributed by atoms with Crippen molar-refractivity contribution in [2.24, 2.45) is 11.8 Å². The molecule has 0 aromatic carbocycles. The summed E-state index contributed by atoms with van der Waals surface area (Å²) < 4.78 is 0. The van der Waals surface area contributed by atoms with Crippen molar-refractivity contribution in [1.29, 1.82) is 0 Å². The minimum atomic E-state index is 0.736. The van der Waals surface area contributed by atoms with E-state index in [1.165, 1.54) is 24.9 Å².